The van der Waals surface area contributed by atoms with E-state index in [0.29, 0.717) is 16.7 Å². The fourth-order valence-corrected chi connectivity index (χ4v) is 2.85. The van der Waals surface area contributed by atoms with Crippen LogP contribution in [-0.4, -0.2) is 32.9 Å². The van der Waals surface area contributed by atoms with Crippen LogP contribution >= 0.6 is 11.8 Å². The van der Waals surface area contributed by atoms with Crippen LogP contribution in [0.5, 0.6) is 0 Å². The van der Waals surface area contributed by atoms with Crippen molar-refractivity contribution in [3.05, 3.63) is 54.0 Å². The second-order valence-electron chi connectivity index (χ2n) is 5.62. The second kappa shape index (κ2) is 9.04. The van der Waals surface area contributed by atoms with Gasteiger partial charge in [-0.25, -0.2) is 9.78 Å². The molecule has 3 aromatic rings. The smallest absolute Gasteiger partial charge is 0.321 e. The first-order chi connectivity index (χ1) is 13.1. The number of carbonyl (C=O) groups is 2. The topological polar surface area (TPSA) is 113 Å². The minimum Gasteiger partial charge on any atom is -0.467 e. The number of thioether (sulfide) groups is 1. The summed E-state index contributed by atoms with van der Waals surface area (Å²) in [7, 11) is 0. The molecule has 0 bridgehead atoms. The number of rotatable bonds is 7. The Labute approximate surface area is 160 Å². The first-order valence-electron chi connectivity index (χ1n) is 8.38. The van der Waals surface area contributed by atoms with E-state index in [1.165, 1.54) is 11.8 Å². The Morgan fingerprint density at radius 3 is 2.74 bits per heavy atom. The van der Waals surface area contributed by atoms with Crippen molar-refractivity contribution in [2.24, 2.45) is 0 Å². The summed E-state index contributed by atoms with van der Waals surface area (Å²) in [5.41, 5.74) is 2.17. The molecule has 140 valence electrons. The number of nitrogens with one attached hydrogen (secondary N) is 3. The van der Waals surface area contributed by atoms with Gasteiger partial charge in [0.2, 0.25) is 11.1 Å². The van der Waals surface area contributed by atoms with Gasteiger partial charge in [0.1, 0.15) is 5.76 Å². The minimum atomic E-state index is -0.580. The maximum absolute atomic E-state index is 11.9. The maximum atomic E-state index is 11.9. The Morgan fingerprint density at radius 1 is 1.22 bits per heavy atom. The third kappa shape index (κ3) is 5.45. The largest absolute Gasteiger partial charge is 0.467 e. The lowest BCUT2D eigenvalue weighted by atomic mass is 10.1. The average molecular weight is 385 g/mol. The Balaban J connectivity index is 1.44. The molecule has 0 fully saturated rings. The molecule has 0 saturated heterocycles. The molecule has 8 nitrogen and oxygen atoms in total. The van der Waals surface area contributed by atoms with Gasteiger partial charge in [0.15, 0.2) is 5.82 Å². The predicted molar refractivity (Wildman–Crippen MR) is 101 cm³/mol. The highest BCUT2D eigenvalue weighted by atomic mass is 32.2. The SMILES string of the molecule is CCc1ccc(-c2nc(SCC(=O)NC(=O)NCc3ccco3)n[nH]2)cc1. The molecule has 0 atom stereocenters. The minimum absolute atomic E-state index is 0.0280. The van der Waals surface area contributed by atoms with Crippen molar-refractivity contribution in [2.75, 3.05) is 5.75 Å². The van der Waals surface area contributed by atoms with E-state index in [1.807, 2.05) is 24.3 Å². The quantitative estimate of drug-likeness (QED) is 0.539. The van der Waals surface area contributed by atoms with Crippen LogP contribution < -0.4 is 10.6 Å². The number of hydrogen-bond donors (Lipinski definition) is 3. The van der Waals surface area contributed by atoms with Crippen LogP contribution in [0.2, 0.25) is 0 Å². The molecule has 3 rings (SSSR count). The molecule has 0 unspecified atom stereocenters. The summed E-state index contributed by atoms with van der Waals surface area (Å²) < 4.78 is 5.09. The molecule has 3 amide bonds. The molecule has 9 heteroatoms. The zero-order valence-corrected chi connectivity index (χ0v) is 15.5. The number of urea groups is 1. The van der Waals surface area contributed by atoms with Gasteiger partial charge in [0.05, 0.1) is 18.6 Å². The van der Waals surface area contributed by atoms with Crippen LogP contribution in [0.1, 0.15) is 18.2 Å². The van der Waals surface area contributed by atoms with Crippen molar-refractivity contribution in [2.45, 2.75) is 25.0 Å². The summed E-state index contributed by atoms with van der Waals surface area (Å²) >= 11 is 1.15. The summed E-state index contributed by atoms with van der Waals surface area (Å²) in [5.74, 6) is 0.833. The molecular weight excluding hydrogens is 366 g/mol. The van der Waals surface area contributed by atoms with E-state index in [4.69, 9.17) is 4.42 Å². The van der Waals surface area contributed by atoms with Crippen LogP contribution in [0, 0.1) is 0 Å². The lowest BCUT2D eigenvalue weighted by Crippen LogP contribution is -2.39. The van der Waals surface area contributed by atoms with Gasteiger partial charge in [-0.3, -0.25) is 15.2 Å². The van der Waals surface area contributed by atoms with Gasteiger partial charge in [-0.2, -0.15) is 0 Å². The van der Waals surface area contributed by atoms with Crippen LogP contribution in [-0.2, 0) is 17.8 Å². The first kappa shape index (κ1) is 18.7. The number of benzene rings is 1. The normalized spacial score (nSPS) is 10.6. The first-order valence-corrected chi connectivity index (χ1v) is 9.37. The fraction of sp³-hybridized carbons (Fsp3) is 0.222. The molecule has 27 heavy (non-hydrogen) atoms. The van der Waals surface area contributed by atoms with Gasteiger partial charge in [0, 0.05) is 5.56 Å². The number of aromatic amines is 1. The Morgan fingerprint density at radius 2 is 2.04 bits per heavy atom. The molecule has 2 aromatic heterocycles. The maximum Gasteiger partial charge on any atom is 0.321 e. The number of furan rings is 1. The van der Waals surface area contributed by atoms with Gasteiger partial charge in [-0.15, -0.1) is 5.10 Å². The Kier molecular flexibility index (Phi) is 6.26. The third-order valence-electron chi connectivity index (χ3n) is 3.69. The van der Waals surface area contributed by atoms with Gasteiger partial charge in [-0.05, 0) is 24.1 Å². The number of aryl methyl sites for hydroxylation is 1. The number of aromatic nitrogens is 3. The number of imide groups is 1. The van der Waals surface area contributed by atoms with Crippen molar-refractivity contribution in [1.29, 1.82) is 0 Å². The van der Waals surface area contributed by atoms with Crippen molar-refractivity contribution in [3.8, 4) is 11.4 Å². The van der Waals surface area contributed by atoms with E-state index in [2.05, 4.69) is 32.7 Å². The lowest BCUT2D eigenvalue weighted by molar-refractivity contribution is -0.117. The lowest BCUT2D eigenvalue weighted by Gasteiger charge is -2.04. The second-order valence-corrected chi connectivity index (χ2v) is 6.56. The molecule has 0 aliphatic carbocycles. The molecular formula is C18H19N5O3S. The summed E-state index contributed by atoms with van der Waals surface area (Å²) in [5, 5.41) is 12.2. The zero-order chi connectivity index (χ0) is 19.1. The zero-order valence-electron chi connectivity index (χ0n) is 14.7. The van der Waals surface area contributed by atoms with Crippen LogP contribution in [0.25, 0.3) is 11.4 Å². The monoisotopic (exact) mass is 385 g/mol. The Bertz CT molecular complexity index is 890. The van der Waals surface area contributed by atoms with E-state index in [1.54, 1.807) is 12.1 Å². The van der Waals surface area contributed by atoms with Gasteiger partial charge >= 0.3 is 6.03 Å². The molecule has 3 N–H and O–H groups in total. The number of carbonyl (C=O) groups excluding carboxylic acids is 2. The number of H-pyrrole nitrogens is 1. The highest BCUT2D eigenvalue weighted by Gasteiger charge is 2.11. The molecule has 0 spiro atoms. The van der Waals surface area contributed by atoms with E-state index in [0.717, 1.165) is 23.7 Å². The van der Waals surface area contributed by atoms with Gasteiger partial charge in [-0.1, -0.05) is 43.0 Å². The van der Waals surface area contributed by atoms with E-state index in [-0.39, 0.29) is 12.3 Å². The van der Waals surface area contributed by atoms with Gasteiger partial charge in [0.25, 0.3) is 0 Å². The van der Waals surface area contributed by atoms with Crippen LogP contribution in [0.15, 0.2) is 52.2 Å². The molecule has 1 aromatic carbocycles. The predicted octanol–water partition coefficient (Wildman–Crippen LogP) is 2.75. The average Bonchev–Trinajstić information content (AvgIpc) is 3.37. The van der Waals surface area contributed by atoms with Crippen molar-refractivity contribution in [1.82, 2.24) is 25.8 Å². The standard InChI is InChI=1S/C18H19N5O3S/c1-2-12-5-7-13(8-6-12)16-21-18(23-22-16)27-11-15(24)20-17(25)19-10-14-4-3-9-26-14/h3-9H,2,10-11H2,1H3,(H,21,22,23)(H2,19,20,24,25). The number of amides is 3. The van der Waals surface area contributed by atoms with E-state index < -0.39 is 11.9 Å². The molecule has 0 saturated carbocycles. The summed E-state index contributed by atoms with van der Waals surface area (Å²) in [6.07, 6.45) is 2.49. The van der Waals surface area contributed by atoms with Crippen LogP contribution in [0.4, 0.5) is 4.79 Å². The van der Waals surface area contributed by atoms with Crippen molar-refractivity contribution < 1.29 is 14.0 Å². The van der Waals surface area contributed by atoms with Crippen molar-refractivity contribution >= 4 is 23.7 Å². The highest BCUT2D eigenvalue weighted by Crippen LogP contribution is 2.19. The van der Waals surface area contributed by atoms with E-state index >= 15 is 0 Å². The summed E-state index contributed by atoms with van der Waals surface area (Å²) in [6, 6.07) is 10.9. The van der Waals surface area contributed by atoms with Crippen LogP contribution in [0.3, 0.4) is 0 Å². The highest BCUT2D eigenvalue weighted by molar-refractivity contribution is 7.99. The molecule has 0 aliphatic heterocycles. The number of nitrogens with zero attached hydrogens (tertiary/aromatic N) is 2. The number of hydrogen-bond acceptors (Lipinski definition) is 6. The third-order valence-corrected chi connectivity index (χ3v) is 4.54. The fourth-order valence-electron chi connectivity index (χ4n) is 2.26. The molecule has 2 heterocycles. The van der Waals surface area contributed by atoms with E-state index in [9.17, 15) is 9.59 Å². The van der Waals surface area contributed by atoms with Crippen molar-refractivity contribution in [3.63, 3.8) is 0 Å². The summed E-state index contributed by atoms with van der Waals surface area (Å²) in [4.78, 5) is 27.9. The molecule has 0 aliphatic rings. The summed E-state index contributed by atoms with van der Waals surface area (Å²) in [6.45, 7) is 2.31. The Hall–Kier alpha value is -3.07. The molecule has 0 radical (unpaired) electrons. The van der Waals surface area contributed by atoms with Gasteiger partial charge < -0.3 is 9.73 Å².